The molecular weight excluding hydrogens is 340 g/mol. The maximum Gasteiger partial charge on any atom is 0.265 e. The van der Waals surface area contributed by atoms with Crippen LogP contribution in [0.25, 0.3) is 0 Å². The summed E-state index contributed by atoms with van der Waals surface area (Å²) in [6, 6.07) is 11.4. The molecule has 0 saturated carbocycles. The number of hydrogen-bond donors (Lipinski definition) is 1. The summed E-state index contributed by atoms with van der Waals surface area (Å²) in [5, 5.41) is 5.83. The van der Waals surface area contributed by atoms with Crippen LogP contribution in [0.3, 0.4) is 0 Å². The van der Waals surface area contributed by atoms with E-state index < -0.39 is 11.8 Å². The van der Waals surface area contributed by atoms with E-state index in [2.05, 4.69) is 10.1 Å². The lowest BCUT2D eigenvalue weighted by atomic mass is 9.92. The van der Waals surface area contributed by atoms with Gasteiger partial charge >= 0.3 is 0 Å². The van der Waals surface area contributed by atoms with Gasteiger partial charge in [0.2, 0.25) is 5.91 Å². The number of amides is 2. The number of nitrogens with two attached hydrogens (primary N) is 1. The Morgan fingerprint density at radius 2 is 1.92 bits per heavy atom. The smallest absolute Gasteiger partial charge is 0.265 e. The first-order chi connectivity index (χ1) is 11.9. The second kappa shape index (κ2) is 7.03. The van der Waals surface area contributed by atoms with E-state index in [-0.39, 0.29) is 18.0 Å². The molecule has 128 valence electrons. The topological polar surface area (TPSA) is 88.7 Å². The van der Waals surface area contributed by atoms with Crippen LogP contribution in [-0.2, 0) is 16.0 Å². The van der Waals surface area contributed by atoms with Crippen molar-refractivity contribution in [1.29, 1.82) is 0 Å². The summed E-state index contributed by atoms with van der Waals surface area (Å²) in [5.74, 6) is -1.33. The van der Waals surface area contributed by atoms with E-state index in [1.54, 1.807) is 6.20 Å². The average Bonchev–Trinajstić information content (AvgIpc) is 2.59. The van der Waals surface area contributed by atoms with E-state index in [0.29, 0.717) is 17.1 Å². The Labute approximate surface area is 150 Å². The highest BCUT2D eigenvalue weighted by molar-refractivity contribution is 6.41. The molecule has 0 saturated heterocycles. The van der Waals surface area contributed by atoms with Crippen LogP contribution in [0.1, 0.15) is 29.2 Å². The van der Waals surface area contributed by atoms with Gasteiger partial charge in [0, 0.05) is 24.7 Å². The van der Waals surface area contributed by atoms with Crippen LogP contribution in [0.4, 0.5) is 0 Å². The lowest BCUT2D eigenvalue weighted by molar-refractivity contribution is -0.130. The van der Waals surface area contributed by atoms with E-state index in [9.17, 15) is 9.59 Å². The third kappa shape index (κ3) is 3.85. The largest absolute Gasteiger partial charge is 0.364 e. The van der Waals surface area contributed by atoms with Crippen molar-refractivity contribution in [2.24, 2.45) is 10.8 Å². The summed E-state index contributed by atoms with van der Waals surface area (Å²) in [7, 11) is 1.50. The SMILES string of the molecule is CN1N=C(C(N)=O)C(c2ccc(Cc3ccc(Cl)cc3)cn2)CC1=O. The van der Waals surface area contributed by atoms with E-state index in [0.717, 1.165) is 16.1 Å². The molecule has 1 aliphatic heterocycles. The molecule has 3 rings (SSSR count). The number of pyridine rings is 1. The third-order valence-electron chi connectivity index (χ3n) is 4.11. The van der Waals surface area contributed by atoms with Gasteiger partial charge in [0.1, 0.15) is 5.71 Å². The van der Waals surface area contributed by atoms with Gasteiger partial charge < -0.3 is 5.73 Å². The Morgan fingerprint density at radius 3 is 2.52 bits per heavy atom. The third-order valence-corrected chi connectivity index (χ3v) is 4.36. The summed E-state index contributed by atoms with van der Waals surface area (Å²) < 4.78 is 0. The second-order valence-electron chi connectivity index (χ2n) is 5.92. The number of rotatable bonds is 4. The maximum atomic E-state index is 11.9. The maximum absolute atomic E-state index is 11.9. The lowest BCUT2D eigenvalue weighted by Gasteiger charge is -2.25. The fraction of sp³-hybridized carbons (Fsp3) is 0.222. The number of halogens is 1. The molecule has 0 spiro atoms. The minimum Gasteiger partial charge on any atom is -0.364 e. The second-order valence-corrected chi connectivity index (χ2v) is 6.35. The van der Waals surface area contributed by atoms with Gasteiger partial charge in [-0.1, -0.05) is 29.8 Å². The molecule has 1 aromatic heterocycles. The monoisotopic (exact) mass is 356 g/mol. The van der Waals surface area contributed by atoms with Crippen molar-refractivity contribution in [3.05, 3.63) is 64.4 Å². The minimum absolute atomic E-state index is 0.127. The van der Waals surface area contributed by atoms with Gasteiger partial charge in [-0.2, -0.15) is 5.10 Å². The van der Waals surface area contributed by atoms with Gasteiger partial charge in [-0.15, -0.1) is 0 Å². The molecule has 25 heavy (non-hydrogen) atoms. The van der Waals surface area contributed by atoms with Crippen LogP contribution in [0.5, 0.6) is 0 Å². The zero-order valence-corrected chi connectivity index (χ0v) is 14.4. The zero-order chi connectivity index (χ0) is 18.0. The molecule has 1 aromatic carbocycles. The molecule has 0 radical (unpaired) electrons. The van der Waals surface area contributed by atoms with Gasteiger partial charge in [0.25, 0.3) is 5.91 Å². The number of aromatic nitrogens is 1. The van der Waals surface area contributed by atoms with Crippen molar-refractivity contribution in [3.63, 3.8) is 0 Å². The van der Waals surface area contributed by atoms with Gasteiger partial charge in [-0.25, -0.2) is 5.01 Å². The van der Waals surface area contributed by atoms with Crippen LogP contribution in [0, 0.1) is 0 Å². The number of benzene rings is 1. The quantitative estimate of drug-likeness (QED) is 0.909. The number of carbonyl (C=O) groups excluding carboxylic acids is 2. The Bertz CT molecular complexity index is 831. The first-order valence-electron chi connectivity index (χ1n) is 7.78. The molecule has 2 N–H and O–H groups in total. The van der Waals surface area contributed by atoms with Crippen LogP contribution in [-0.4, -0.2) is 34.6 Å². The number of hydrogen-bond acceptors (Lipinski definition) is 4. The predicted octanol–water partition coefficient (Wildman–Crippen LogP) is 2.11. The molecule has 6 nitrogen and oxygen atoms in total. The van der Waals surface area contributed by atoms with Crippen molar-refractivity contribution in [3.8, 4) is 0 Å². The molecule has 0 bridgehead atoms. The Morgan fingerprint density at radius 1 is 1.24 bits per heavy atom. The van der Waals surface area contributed by atoms with Crippen LogP contribution >= 0.6 is 11.6 Å². The highest BCUT2D eigenvalue weighted by Crippen LogP contribution is 2.25. The molecule has 7 heteroatoms. The first-order valence-corrected chi connectivity index (χ1v) is 8.16. The molecule has 1 atom stereocenters. The highest BCUT2D eigenvalue weighted by Gasteiger charge is 2.32. The van der Waals surface area contributed by atoms with Crippen molar-refractivity contribution in [1.82, 2.24) is 9.99 Å². The Kier molecular flexibility index (Phi) is 4.81. The zero-order valence-electron chi connectivity index (χ0n) is 13.6. The van der Waals surface area contributed by atoms with Crippen LogP contribution in [0.2, 0.25) is 5.02 Å². The van der Waals surface area contributed by atoms with E-state index in [1.807, 2.05) is 36.4 Å². The van der Waals surface area contributed by atoms with Gasteiger partial charge in [0.05, 0.1) is 11.6 Å². The van der Waals surface area contributed by atoms with Crippen molar-refractivity contribution in [2.75, 3.05) is 7.05 Å². The highest BCUT2D eigenvalue weighted by atomic mass is 35.5. The number of hydrazone groups is 1. The van der Waals surface area contributed by atoms with Crippen molar-refractivity contribution >= 4 is 29.1 Å². The summed E-state index contributed by atoms with van der Waals surface area (Å²) in [4.78, 5) is 28.0. The fourth-order valence-electron chi connectivity index (χ4n) is 2.74. The first kappa shape index (κ1) is 17.1. The van der Waals surface area contributed by atoms with E-state index in [1.165, 1.54) is 7.05 Å². The molecule has 2 heterocycles. The predicted molar refractivity (Wildman–Crippen MR) is 95.3 cm³/mol. The van der Waals surface area contributed by atoms with Gasteiger partial charge in [-0.3, -0.25) is 14.6 Å². The summed E-state index contributed by atoms with van der Waals surface area (Å²) in [5.41, 5.74) is 8.30. The fourth-order valence-corrected chi connectivity index (χ4v) is 2.87. The molecular formula is C18H17ClN4O2. The minimum atomic E-state index is -0.642. The summed E-state index contributed by atoms with van der Waals surface area (Å²) >= 11 is 5.89. The average molecular weight is 357 g/mol. The summed E-state index contributed by atoms with van der Waals surface area (Å²) in [6.07, 6.45) is 2.58. The van der Waals surface area contributed by atoms with Gasteiger partial charge in [-0.05, 0) is 35.7 Å². The molecule has 0 fully saturated rings. The number of nitrogens with zero attached hydrogens (tertiary/aromatic N) is 3. The Hall–Kier alpha value is -2.73. The number of carbonyl (C=O) groups is 2. The normalized spacial score (nSPS) is 17.4. The van der Waals surface area contributed by atoms with Gasteiger partial charge in [0.15, 0.2) is 0 Å². The molecule has 0 aliphatic carbocycles. The van der Waals surface area contributed by atoms with E-state index >= 15 is 0 Å². The van der Waals surface area contributed by atoms with Crippen LogP contribution < -0.4 is 5.73 Å². The van der Waals surface area contributed by atoms with E-state index in [4.69, 9.17) is 17.3 Å². The number of primary amides is 1. The Balaban J connectivity index is 1.81. The van der Waals surface area contributed by atoms with Crippen LogP contribution in [0.15, 0.2) is 47.7 Å². The molecule has 1 aliphatic rings. The molecule has 2 amide bonds. The molecule has 1 unspecified atom stereocenters. The standard InChI is InChI=1S/C18H17ClN4O2/c1-23-16(24)9-14(17(22-23)18(20)25)15-7-4-12(10-21-15)8-11-2-5-13(19)6-3-11/h2-7,10,14H,8-9H2,1H3,(H2,20,25). The van der Waals surface area contributed by atoms with Crippen molar-refractivity contribution in [2.45, 2.75) is 18.8 Å². The lowest BCUT2D eigenvalue weighted by Crippen LogP contribution is -2.39. The molecule has 2 aromatic rings. The van der Waals surface area contributed by atoms with Crippen molar-refractivity contribution < 1.29 is 9.59 Å². The summed E-state index contributed by atoms with van der Waals surface area (Å²) in [6.45, 7) is 0.